The van der Waals surface area contributed by atoms with Crippen LogP contribution in [-0.2, 0) is 13.1 Å². The molecule has 33 heavy (non-hydrogen) atoms. The molecule has 0 fully saturated rings. The maximum atomic E-state index is 13.3. The summed E-state index contributed by atoms with van der Waals surface area (Å²) in [5.74, 6) is 2.72. The SMILES string of the molecule is COc1ccc(OC)c(/C=C2\Oc3c4c(cc(C)c3C2=O)OCN(Cc2ccncc2)C4)c1. The Hall–Kier alpha value is -3.84. The lowest BCUT2D eigenvalue weighted by Gasteiger charge is -2.30. The van der Waals surface area contributed by atoms with Gasteiger partial charge in [0, 0.05) is 31.0 Å². The Labute approximate surface area is 192 Å². The highest BCUT2D eigenvalue weighted by Gasteiger charge is 2.35. The van der Waals surface area contributed by atoms with Gasteiger partial charge in [-0.25, -0.2) is 0 Å². The van der Waals surface area contributed by atoms with Gasteiger partial charge >= 0.3 is 0 Å². The number of Topliss-reactive ketones (excluding diaryl/α,β-unsaturated/α-hetero) is 1. The van der Waals surface area contributed by atoms with Crippen molar-refractivity contribution in [1.29, 1.82) is 0 Å². The van der Waals surface area contributed by atoms with Crippen LogP contribution < -0.4 is 18.9 Å². The van der Waals surface area contributed by atoms with Gasteiger partial charge in [-0.3, -0.25) is 14.7 Å². The topological polar surface area (TPSA) is 70.1 Å². The van der Waals surface area contributed by atoms with E-state index < -0.39 is 0 Å². The van der Waals surface area contributed by atoms with E-state index in [0.717, 1.165) is 22.4 Å². The average molecular weight is 444 g/mol. The van der Waals surface area contributed by atoms with Crippen LogP contribution in [0.1, 0.15) is 32.6 Å². The molecular weight excluding hydrogens is 420 g/mol. The van der Waals surface area contributed by atoms with Crippen molar-refractivity contribution in [3.8, 4) is 23.0 Å². The first-order valence-electron chi connectivity index (χ1n) is 10.6. The second-order valence-electron chi connectivity index (χ2n) is 8.04. The highest BCUT2D eigenvalue weighted by atomic mass is 16.5. The summed E-state index contributed by atoms with van der Waals surface area (Å²) in [6.07, 6.45) is 5.26. The summed E-state index contributed by atoms with van der Waals surface area (Å²) in [5.41, 5.74) is 4.14. The molecule has 0 amide bonds. The number of hydrogen-bond donors (Lipinski definition) is 0. The number of benzene rings is 2. The quantitative estimate of drug-likeness (QED) is 0.541. The van der Waals surface area contributed by atoms with E-state index in [2.05, 4.69) is 9.88 Å². The number of methoxy groups -OCH3 is 2. The molecule has 5 rings (SSSR count). The number of aromatic nitrogens is 1. The number of carbonyl (C=O) groups excluding carboxylic acids is 1. The van der Waals surface area contributed by atoms with Crippen molar-refractivity contribution in [2.24, 2.45) is 0 Å². The number of rotatable bonds is 5. The smallest absolute Gasteiger partial charge is 0.232 e. The summed E-state index contributed by atoms with van der Waals surface area (Å²) in [6.45, 7) is 3.69. The normalized spacial score (nSPS) is 16.1. The van der Waals surface area contributed by atoms with Gasteiger partial charge in [0.2, 0.25) is 5.78 Å². The number of allylic oxidation sites excluding steroid dienone is 1. The molecule has 0 radical (unpaired) electrons. The van der Waals surface area contributed by atoms with Gasteiger partial charge in [0.1, 0.15) is 29.7 Å². The standard InChI is InChI=1S/C26H24N2O5/c1-16-10-22-20(14-28(15-32-22)13-17-6-8-27-9-7-17)26-24(16)25(29)23(33-26)12-18-11-19(30-2)4-5-21(18)31-3/h4-12H,13-15H2,1-3H3/b23-12-. The molecule has 0 bridgehead atoms. The first-order valence-corrected chi connectivity index (χ1v) is 10.6. The van der Waals surface area contributed by atoms with Gasteiger partial charge < -0.3 is 18.9 Å². The lowest BCUT2D eigenvalue weighted by atomic mass is 9.98. The molecule has 7 nitrogen and oxygen atoms in total. The van der Waals surface area contributed by atoms with Crippen LogP contribution in [0.2, 0.25) is 0 Å². The second-order valence-corrected chi connectivity index (χ2v) is 8.04. The Morgan fingerprint density at radius 2 is 1.94 bits per heavy atom. The number of hydrogen-bond acceptors (Lipinski definition) is 7. The minimum atomic E-state index is -0.151. The molecule has 0 unspecified atom stereocenters. The van der Waals surface area contributed by atoms with Crippen molar-refractivity contribution in [3.05, 3.63) is 82.4 Å². The third kappa shape index (κ3) is 3.91. The van der Waals surface area contributed by atoms with Crippen LogP contribution in [0.5, 0.6) is 23.0 Å². The van der Waals surface area contributed by atoms with Gasteiger partial charge in [0.25, 0.3) is 0 Å². The molecule has 168 valence electrons. The minimum absolute atomic E-state index is 0.151. The zero-order valence-electron chi connectivity index (χ0n) is 18.8. The second kappa shape index (κ2) is 8.60. The van der Waals surface area contributed by atoms with E-state index in [1.54, 1.807) is 38.8 Å². The number of ether oxygens (including phenoxy) is 4. The molecule has 2 aliphatic heterocycles. The Balaban J connectivity index is 1.49. The summed E-state index contributed by atoms with van der Waals surface area (Å²) in [6, 6.07) is 11.3. The first-order chi connectivity index (χ1) is 16.1. The van der Waals surface area contributed by atoms with Crippen LogP contribution >= 0.6 is 0 Å². The van der Waals surface area contributed by atoms with Crippen molar-refractivity contribution < 1.29 is 23.7 Å². The molecule has 0 atom stereocenters. The summed E-state index contributed by atoms with van der Waals surface area (Å²) in [4.78, 5) is 19.5. The van der Waals surface area contributed by atoms with Crippen molar-refractivity contribution in [2.75, 3.05) is 21.0 Å². The molecule has 7 heteroatoms. The molecule has 2 aliphatic rings. The monoisotopic (exact) mass is 444 g/mol. The summed E-state index contributed by atoms with van der Waals surface area (Å²) in [7, 11) is 3.18. The maximum absolute atomic E-state index is 13.3. The van der Waals surface area contributed by atoms with E-state index in [0.29, 0.717) is 48.2 Å². The van der Waals surface area contributed by atoms with E-state index in [4.69, 9.17) is 18.9 Å². The number of pyridine rings is 1. The molecule has 0 N–H and O–H groups in total. The minimum Gasteiger partial charge on any atom is -0.497 e. The number of aryl methyl sites for hydroxylation is 1. The Kier molecular flexibility index (Phi) is 5.48. The molecule has 0 saturated heterocycles. The Bertz CT molecular complexity index is 1250. The molecule has 0 saturated carbocycles. The zero-order chi connectivity index (χ0) is 22.9. The van der Waals surface area contributed by atoms with E-state index in [-0.39, 0.29) is 11.5 Å². The number of ketones is 1. The van der Waals surface area contributed by atoms with Gasteiger partial charge in [0.05, 0.1) is 25.3 Å². The van der Waals surface area contributed by atoms with Gasteiger partial charge in [-0.05, 0) is 60.5 Å². The van der Waals surface area contributed by atoms with Crippen molar-refractivity contribution in [3.63, 3.8) is 0 Å². The third-order valence-corrected chi connectivity index (χ3v) is 5.87. The van der Waals surface area contributed by atoms with E-state index in [9.17, 15) is 4.79 Å². The molecule has 2 aromatic carbocycles. The Morgan fingerprint density at radius 1 is 1.12 bits per heavy atom. The van der Waals surface area contributed by atoms with Gasteiger partial charge in [-0.2, -0.15) is 0 Å². The fourth-order valence-electron chi connectivity index (χ4n) is 4.22. The summed E-state index contributed by atoms with van der Waals surface area (Å²) >= 11 is 0. The van der Waals surface area contributed by atoms with Crippen molar-refractivity contribution in [1.82, 2.24) is 9.88 Å². The van der Waals surface area contributed by atoms with Crippen LogP contribution in [0.4, 0.5) is 0 Å². The van der Waals surface area contributed by atoms with Crippen molar-refractivity contribution >= 4 is 11.9 Å². The fraction of sp³-hybridized carbons (Fsp3) is 0.231. The zero-order valence-corrected chi connectivity index (χ0v) is 18.8. The Morgan fingerprint density at radius 3 is 2.70 bits per heavy atom. The number of nitrogens with zero attached hydrogens (tertiary/aromatic N) is 2. The molecule has 0 aliphatic carbocycles. The molecule has 0 spiro atoms. The fourth-order valence-corrected chi connectivity index (χ4v) is 4.22. The van der Waals surface area contributed by atoms with E-state index in [1.807, 2.05) is 37.3 Å². The summed E-state index contributed by atoms with van der Waals surface area (Å²) < 4.78 is 23.0. The predicted molar refractivity (Wildman–Crippen MR) is 123 cm³/mol. The number of carbonyl (C=O) groups is 1. The van der Waals surface area contributed by atoms with Gasteiger partial charge in [-0.1, -0.05) is 0 Å². The highest BCUT2D eigenvalue weighted by molar-refractivity contribution is 6.16. The van der Waals surface area contributed by atoms with Crippen LogP contribution in [0.3, 0.4) is 0 Å². The first kappa shape index (κ1) is 21.0. The van der Waals surface area contributed by atoms with Crippen molar-refractivity contribution in [2.45, 2.75) is 20.0 Å². The summed E-state index contributed by atoms with van der Waals surface area (Å²) in [5, 5.41) is 0. The average Bonchev–Trinajstić information content (AvgIpc) is 3.17. The van der Waals surface area contributed by atoms with Gasteiger partial charge in [0.15, 0.2) is 5.76 Å². The molecule has 3 aromatic rings. The van der Waals surface area contributed by atoms with Crippen LogP contribution in [0, 0.1) is 6.92 Å². The van der Waals surface area contributed by atoms with E-state index >= 15 is 0 Å². The largest absolute Gasteiger partial charge is 0.497 e. The number of fused-ring (bicyclic) bond motifs is 3. The lowest BCUT2D eigenvalue weighted by Crippen LogP contribution is -2.31. The van der Waals surface area contributed by atoms with Gasteiger partial charge in [-0.15, -0.1) is 0 Å². The van der Waals surface area contributed by atoms with E-state index in [1.165, 1.54) is 0 Å². The van der Waals surface area contributed by atoms with Crippen LogP contribution in [0.15, 0.2) is 54.6 Å². The van der Waals surface area contributed by atoms with Crippen LogP contribution in [0.25, 0.3) is 6.08 Å². The highest BCUT2D eigenvalue weighted by Crippen LogP contribution is 2.44. The lowest BCUT2D eigenvalue weighted by molar-refractivity contribution is 0.0872. The maximum Gasteiger partial charge on any atom is 0.232 e. The predicted octanol–water partition coefficient (Wildman–Crippen LogP) is 4.38. The van der Waals surface area contributed by atoms with Crippen LogP contribution in [-0.4, -0.2) is 36.6 Å². The third-order valence-electron chi connectivity index (χ3n) is 5.87. The molecule has 3 heterocycles. The molecule has 1 aromatic heterocycles. The molecular formula is C26H24N2O5.